The second-order valence-electron chi connectivity index (χ2n) is 8.32. The molecule has 9 heteroatoms. The van der Waals surface area contributed by atoms with Crippen molar-refractivity contribution in [3.05, 3.63) is 71.7 Å². The molecule has 0 radical (unpaired) electrons. The summed E-state index contributed by atoms with van der Waals surface area (Å²) < 4.78 is 13.4. The Balaban J connectivity index is 1.33. The van der Waals surface area contributed by atoms with Crippen LogP contribution in [0.1, 0.15) is 5.76 Å². The highest BCUT2D eigenvalue weighted by Crippen LogP contribution is 2.33. The summed E-state index contributed by atoms with van der Waals surface area (Å²) in [6.45, 7) is 4.20. The van der Waals surface area contributed by atoms with Crippen molar-refractivity contribution >= 4 is 39.8 Å². The predicted molar refractivity (Wildman–Crippen MR) is 132 cm³/mol. The molecule has 0 atom stereocenters. The van der Waals surface area contributed by atoms with Crippen molar-refractivity contribution in [1.82, 2.24) is 24.5 Å². The highest BCUT2D eigenvalue weighted by Gasteiger charge is 2.18. The fourth-order valence-electron chi connectivity index (χ4n) is 4.39. The van der Waals surface area contributed by atoms with Gasteiger partial charge >= 0.3 is 0 Å². The van der Waals surface area contributed by atoms with E-state index in [4.69, 9.17) is 25.7 Å². The standard InChI is InChI=1S/C25H23ClN6O2/c1-30(23-20-7-2-3-8-21(20)32-24(26)28-29-25(32)27-23)18-6-4-5-17(15-18)22-10-9-19(34-22)16-31-11-13-33-14-12-31/h2-10,15H,11-14,16H2,1H3. The summed E-state index contributed by atoms with van der Waals surface area (Å²) in [6.07, 6.45) is 0. The topological polar surface area (TPSA) is 71.9 Å². The molecule has 6 rings (SSSR count). The number of para-hydroxylation sites is 1. The molecule has 8 nitrogen and oxygen atoms in total. The summed E-state index contributed by atoms with van der Waals surface area (Å²) in [4.78, 5) is 9.16. The van der Waals surface area contributed by atoms with E-state index in [1.54, 1.807) is 4.40 Å². The van der Waals surface area contributed by atoms with E-state index in [0.717, 1.165) is 72.3 Å². The number of nitrogens with zero attached hydrogens (tertiary/aromatic N) is 6. The van der Waals surface area contributed by atoms with Gasteiger partial charge in [-0.2, -0.15) is 4.98 Å². The first-order valence-corrected chi connectivity index (χ1v) is 11.6. The van der Waals surface area contributed by atoms with Crippen LogP contribution in [0.5, 0.6) is 0 Å². The van der Waals surface area contributed by atoms with Crippen LogP contribution in [0.25, 0.3) is 28.0 Å². The van der Waals surface area contributed by atoms with Crippen LogP contribution in [-0.2, 0) is 11.3 Å². The van der Waals surface area contributed by atoms with Crippen molar-refractivity contribution in [3.63, 3.8) is 0 Å². The van der Waals surface area contributed by atoms with Crippen molar-refractivity contribution in [3.8, 4) is 11.3 Å². The molecule has 0 N–H and O–H groups in total. The molecule has 172 valence electrons. The maximum atomic E-state index is 6.27. The Morgan fingerprint density at radius 1 is 1.00 bits per heavy atom. The van der Waals surface area contributed by atoms with E-state index in [0.29, 0.717) is 11.1 Å². The Morgan fingerprint density at radius 3 is 2.74 bits per heavy atom. The number of hydrogen-bond donors (Lipinski definition) is 0. The molecular formula is C25H23ClN6O2. The first-order chi connectivity index (χ1) is 16.7. The first kappa shape index (κ1) is 21.1. The fourth-order valence-corrected chi connectivity index (χ4v) is 4.60. The van der Waals surface area contributed by atoms with Crippen molar-refractivity contribution in [1.29, 1.82) is 0 Å². The van der Waals surface area contributed by atoms with Crippen LogP contribution in [-0.4, -0.2) is 57.8 Å². The van der Waals surface area contributed by atoms with E-state index in [9.17, 15) is 0 Å². The zero-order valence-electron chi connectivity index (χ0n) is 18.7. The van der Waals surface area contributed by atoms with E-state index in [1.807, 2.05) is 48.3 Å². The average molecular weight is 475 g/mol. The fraction of sp³-hybridized carbons (Fsp3) is 0.240. The summed E-state index contributed by atoms with van der Waals surface area (Å²) in [7, 11) is 1.99. The van der Waals surface area contributed by atoms with Gasteiger partial charge in [0.2, 0.25) is 5.28 Å². The van der Waals surface area contributed by atoms with E-state index in [-0.39, 0.29) is 0 Å². The lowest BCUT2D eigenvalue weighted by Crippen LogP contribution is -2.35. The van der Waals surface area contributed by atoms with Gasteiger partial charge in [-0.15, -0.1) is 10.2 Å². The van der Waals surface area contributed by atoms with Gasteiger partial charge in [0.15, 0.2) is 0 Å². The lowest BCUT2D eigenvalue weighted by molar-refractivity contribution is 0.0314. The Bertz CT molecular complexity index is 1470. The number of fused-ring (bicyclic) bond motifs is 3. The average Bonchev–Trinajstić information content (AvgIpc) is 3.50. The highest BCUT2D eigenvalue weighted by atomic mass is 35.5. The van der Waals surface area contributed by atoms with Gasteiger partial charge in [0.25, 0.3) is 5.78 Å². The molecule has 0 unspecified atom stereocenters. The smallest absolute Gasteiger partial charge is 0.258 e. The summed E-state index contributed by atoms with van der Waals surface area (Å²) >= 11 is 6.27. The number of hydrogen-bond acceptors (Lipinski definition) is 7. The Kier molecular flexibility index (Phi) is 5.41. The summed E-state index contributed by atoms with van der Waals surface area (Å²) in [5, 5.41) is 9.38. The summed E-state index contributed by atoms with van der Waals surface area (Å²) in [6, 6.07) is 20.3. The molecule has 1 saturated heterocycles. The molecule has 3 aromatic heterocycles. The van der Waals surface area contributed by atoms with Crippen LogP contribution in [0.15, 0.2) is 65.1 Å². The molecule has 4 heterocycles. The van der Waals surface area contributed by atoms with Crippen LogP contribution >= 0.6 is 11.6 Å². The highest BCUT2D eigenvalue weighted by molar-refractivity contribution is 6.29. The third-order valence-corrected chi connectivity index (χ3v) is 6.42. The normalized spacial score (nSPS) is 14.8. The number of benzene rings is 2. The molecular weight excluding hydrogens is 452 g/mol. The molecule has 0 aliphatic carbocycles. The van der Waals surface area contributed by atoms with E-state index in [1.165, 1.54) is 0 Å². The number of rotatable bonds is 5. The molecule has 0 spiro atoms. The second-order valence-corrected chi connectivity index (χ2v) is 8.66. The molecule has 0 amide bonds. The molecule has 5 aromatic rings. The van der Waals surface area contributed by atoms with Gasteiger partial charge in [-0.3, -0.25) is 4.90 Å². The van der Waals surface area contributed by atoms with E-state index >= 15 is 0 Å². The maximum Gasteiger partial charge on any atom is 0.258 e. The zero-order chi connectivity index (χ0) is 23.1. The summed E-state index contributed by atoms with van der Waals surface area (Å²) in [5.74, 6) is 3.03. The minimum Gasteiger partial charge on any atom is -0.460 e. The van der Waals surface area contributed by atoms with Crippen LogP contribution in [0, 0.1) is 0 Å². The van der Waals surface area contributed by atoms with Crippen LogP contribution in [0.2, 0.25) is 5.28 Å². The molecule has 0 saturated carbocycles. The van der Waals surface area contributed by atoms with Gasteiger partial charge in [-0.1, -0.05) is 24.3 Å². The molecule has 1 aliphatic rings. The zero-order valence-corrected chi connectivity index (χ0v) is 19.4. The van der Waals surface area contributed by atoms with Crippen molar-refractivity contribution in [2.75, 3.05) is 38.3 Å². The maximum absolute atomic E-state index is 6.27. The van der Waals surface area contributed by atoms with Crippen LogP contribution < -0.4 is 4.90 Å². The van der Waals surface area contributed by atoms with E-state index < -0.39 is 0 Å². The van der Waals surface area contributed by atoms with Gasteiger partial charge in [-0.25, -0.2) is 4.40 Å². The Labute approximate surface area is 201 Å². The molecule has 1 fully saturated rings. The predicted octanol–water partition coefficient (Wildman–Crippen LogP) is 4.79. The minimum atomic E-state index is 0.292. The quantitative estimate of drug-likeness (QED) is 0.362. The van der Waals surface area contributed by atoms with Gasteiger partial charge in [0.1, 0.15) is 17.3 Å². The summed E-state index contributed by atoms with van der Waals surface area (Å²) in [5.41, 5.74) is 2.89. The van der Waals surface area contributed by atoms with Crippen molar-refractivity contribution in [2.45, 2.75) is 6.54 Å². The van der Waals surface area contributed by atoms with Gasteiger partial charge in [0, 0.05) is 36.8 Å². The number of ether oxygens (including phenoxy) is 1. The number of furan rings is 1. The monoisotopic (exact) mass is 474 g/mol. The van der Waals surface area contributed by atoms with Gasteiger partial charge in [-0.05, 0) is 48.0 Å². The number of halogens is 1. The van der Waals surface area contributed by atoms with E-state index in [2.05, 4.69) is 39.4 Å². The first-order valence-electron chi connectivity index (χ1n) is 11.2. The number of morpholine rings is 1. The van der Waals surface area contributed by atoms with Crippen LogP contribution in [0.3, 0.4) is 0 Å². The number of aromatic nitrogens is 4. The van der Waals surface area contributed by atoms with Crippen molar-refractivity contribution < 1.29 is 9.15 Å². The SMILES string of the molecule is CN(c1cccc(-c2ccc(CN3CCOCC3)o2)c1)c1nc2nnc(Cl)n2c2ccccc12. The second kappa shape index (κ2) is 8.72. The molecule has 1 aliphatic heterocycles. The lowest BCUT2D eigenvalue weighted by atomic mass is 10.1. The van der Waals surface area contributed by atoms with Crippen molar-refractivity contribution in [2.24, 2.45) is 0 Å². The van der Waals surface area contributed by atoms with Gasteiger partial charge < -0.3 is 14.1 Å². The third-order valence-electron chi connectivity index (χ3n) is 6.18. The van der Waals surface area contributed by atoms with Gasteiger partial charge in [0.05, 0.1) is 25.3 Å². The number of anilines is 2. The Morgan fingerprint density at radius 2 is 1.85 bits per heavy atom. The van der Waals surface area contributed by atoms with Crippen LogP contribution in [0.4, 0.5) is 11.5 Å². The molecule has 0 bridgehead atoms. The third kappa shape index (κ3) is 3.79. The Hall–Kier alpha value is -3.46. The minimum absolute atomic E-state index is 0.292. The lowest BCUT2D eigenvalue weighted by Gasteiger charge is -2.25. The molecule has 34 heavy (non-hydrogen) atoms. The molecule has 2 aromatic carbocycles. The largest absolute Gasteiger partial charge is 0.460 e.